The minimum Gasteiger partial charge on any atom is -0.489 e. The van der Waals surface area contributed by atoms with Gasteiger partial charge in [-0.25, -0.2) is 0 Å². The van der Waals surface area contributed by atoms with Crippen LogP contribution < -0.4 is 15.0 Å². The molecule has 7 nitrogen and oxygen atoms in total. The monoisotopic (exact) mass is 483 g/mol. The Kier molecular flexibility index (Phi) is 9.23. The Morgan fingerprint density at radius 3 is 2.00 bits per heavy atom. The van der Waals surface area contributed by atoms with Gasteiger partial charge in [0.2, 0.25) is 0 Å². The van der Waals surface area contributed by atoms with Crippen LogP contribution in [0.3, 0.4) is 0 Å². The van der Waals surface area contributed by atoms with E-state index in [1.807, 2.05) is 73.8 Å². The Morgan fingerprint density at radius 1 is 0.971 bits per heavy atom. The van der Waals surface area contributed by atoms with Crippen LogP contribution in [0.1, 0.15) is 31.9 Å². The SMILES string of the molecule is CN(C(=N)Nc1ccc(C(C)(C)C)cc1)c1ccc(OCc2ccccc2)cc1.CS(=O)(=O)O. The first kappa shape index (κ1) is 26.9. The summed E-state index contributed by atoms with van der Waals surface area (Å²) in [7, 11) is -1.79. The summed E-state index contributed by atoms with van der Waals surface area (Å²) >= 11 is 0. The number of nitrogens with one attached hydrogen (secondary N) is 2. The van der Waals surface area contributed by atoms with E-state index >= 15 is 0 Å². The summed E-state index contributed by atoms with van der Waals surface area (Å²) in [5.74, 6) is 1.12. The zero-order valence-corrected chi connectivity index (χ0v) is 21.1. The van der Waals surface area contributed by atoms with Gasteiger partial charge in [0, 0.05) is 18.4 Å². The van der Waals surface area contributed by atoms with Gasteiger partial charge in [-0.1, -0.05) is 63.2 Å². The van der Waals surface area contributed by atoms with Crippen LogP contribution >= 0.6 is 0 Å². The number of guanidine groups is 1. The highest BCUT2D eigenvalue weighted by atomic mass is 32.2. The van der Waals surface area contributed by atoms with Crippen LogP contribution in [0.15, 0.2) is 78.9 Å². The normalized spacial score (nSPS) is 11.1. The quantitative estimate of drug-likeness (QED) is 0.250. The Labute approximate surface area is 202 Å². The smallest absolute Gasteiger partial charge is 0.261 e. The first-order valence-electron chi connectivity index (χ1n) is 10.7. The summed E-state index contributed by atoms with van der Waals surface area (Å²) in [4.78, 5) is 1.80. The van der Waals surface area contributed by atoms with Crippen molar-refractivity contribution in [1.29, 1.82) is 5.41 Å². The molecule has 0 fully saturated rings. The molecule has 0 bridgehead atoms. The van der Waals surface area contributed by atoms with Gasteiger partial charge in [0.05, 0.1) is 6.26 Å². The van der Waals surface area contributed by atoms with E-state index in [0.29, 0.717) is 18.8 Å². The molecule has 0 saturated heterocycles. The number of hydrogen-bond donors (Lipinski definition) is 3. The fourth-order valence-electron chi connectivity index (χ4n) is 2.91. The standard InChI is InChI=1S/C25H29N3O.CH4O3S/c1-25(2,3)20-10-12-21(13-11-20)27-24(26)28(4)22-14-16-23(17-15-22)29-18-19-8-6-5-7-9-19;1-5(2,3)4/h5-17H,18H2,1-4H3,(H2,26,27);1H3,(H,2,3,4). The van der Waals surface area contributed by atoms with E-state index in [4.69, 9.17) is 14.7 Å². The fraction of sp³-hybridized carbons (Fsp3) is 0.269. The highest BCUT2D eigenvalue weighted by Gasteiger charge is 2.13. The number of ether oxygens (including phenoxy) is 1. The van der Waals surface area contributed by atoms with E-state index in [2.05, 4.69) is 38.2 Å². The molecule has 0 atom stereocenters. The van der Waals surface area contributed by atoms with E-state index in [0.717, 1.165) is 22.7 Å². The summed E-state index contributed by atoms with van der Waals surface area (Å²) in [5.41, 5.74) is 4.34. The van der Waals surface area contributed by atoms with E-state index in [-0.39, 0.29) is 5.41 Å². The summed E-state index contributed by atoms with van der Waals surface area (Å²) in [6.07, 6.45) is 0.715. The average Bonchev–Trinajstić information content (AvgIpc) is 2.77. The lowest BCUT2D eigenvalue weighted by Crippen LogP contribution is -2.31. The lowest BCUT2D eigenvalue weighted by molar-refractivity contribution is 0.306. The van der Waals surface area contributed by atoms with Crippen molar-refractivity contribution in [3.05, 3.63) is 90.0 Å². The van der Waals surface area contributed by atoms with E-state index in [1.165, 1.54) is 5.56 Å². The third-order valence-corrected chi connectivity index (χ3v) is 4.82. The van der Waals surface area contributed by atoms with Crippen LogP contribution in [0.5, 0.6) is 5.75 Å². The van der Waals surface area contributed by atoms with Crippen molar-refractivity contribution in [3.63, 3.8) is 0 Å². The minimum absolute atomic E-state index is 0.118. The summed E-state index contributed by atoms with van der Waals surface area (Å²) in [6, 6.07) is 26.1. The van der Waals surface area contributed by atoms with Crippen LogP contribution in [-0.2, 0) is 22.1 Å². The Balaban J connectivity index is 0.000000739. The summed E-state index contributed by atoms with van der Waals surface area (Å²) in [5, 5.41) is 11.5. The molecule has 34 heavy (non-hydrogen) atoms. The number of benzene rings is 3. The van der Waals surface area contributed by atoms with Crippen LogP contribution in [0, 0.1) is 5.41 Å². The zero-order chi connectivity index (χ0) is 25.4. The molecule has 182 valence electrons. The van der Waals surface area contributed by atoms with Crippen LogP contribution in [0.25, 0.3) is 0 Å². The van der Waals surface area contributed by atoms with Gasteiger partial charge in [-0.05, 0) is 52.9 Å². The molecule has 0 aromatic heterocycles. The van der Waals surface area contributed by atoms with Crippen molar-refractivity contribution < 1.29 is 17.7 Å². The Hall–Kier alpha value is -3.36. The molecule has 0 amide bonds. The first-order valence-corrected chi connectivity index (χ1v) is 12.6. The summed E-state index contributed by atoms with van der Waals surface area (Å²) < 4.78 is 31.7. The fourth-order valence-corrected chi connectivity index (χ4v) is 2.91. The minimum atomic E-state index is -3.67. The maximum absolute atomic E-state index is 9.19. The molecule has 8 heteroatoms. The van der Waals surface area contributed by atoms with Gasteiger partial charge in [0.15, 0.2) is 5.96 Å². The van der Waals surface area contributed by atoms with Gasteiger partial charge >= 0.3 is 0 Å². The van der Waals surface area contributed by atoms with Crippen LogP contribution in [-0.4, -0.2) is 32.2 Å². The van der Waals surface area contributed by atoms with Gasteiger partial charge in [-0.2, -0.15) is 8.42 Å². The van der Waals surface area contributed by atoms with E-state index in [1.54, 1.807) is 4.90 Å². The lowest BCUT2D eigenvalue weighted by atomic mass is 9.87. The molecule has 0 aliphatic rings. The van der Waals surface area contributed by atoms with Crippen molar-refractivity contribution in [3.8, 4) is 5.75 Å². The summed E-state index contributed by atoms with van der Waals surface area (Å²) in [6.45, 7) is 7.12. The van der Waals surface area contributed by atoms with Gasteiger partial charge < -0.3 is 15.0 Å². The van der Waals surface area contributed by atoms with Crippen LogP contribution in [0.4, 0.5) is 11.4 Å². The maximum Gasteiger partial charge on any atom is 0.261 e. The predicted octanol–water partition coefficient (Wildman–Crippen LogP) is 5.55. The second-order valence-corrected chi connectivity index (χ2v) is 10.3. The number of anilines is 2. The second kappa shape index (κ2) is 11.7. The second-order valence-electron chi connectivity index (χ2n) is 8.86. The largest absolute Gasteiger partial charge is 0.489 e. The van der Waals surface area contributed by atoms with Crippen molar-refractivity contribution in [2.75, 3.05) is 23.5 Å². The van der Waals surface area contributed by atoms with E-state index < -0.39 is 10.1 Å². The molecule has 0 heterocycles. The van der Waals surface area contributed by atoms with Crippen LogP contribution in [0.2, 0.25) is 0 Å². The third-order valence-electron chi connectivity index (χ3n) is 4.82. The van der Waals surface area contributed by atoms with Gasteiger partial charge in [0.25, 0.3) is 10.1 Å². The molecule has 0 spiro atoms. The molecule has 3 aromatic rings. The number of hydrogen-bond acceptors (Lipinski definition) is 4. The van der Waals surface area contributed by atoms with Gasteiger partial charge in [-0.3, -0.25) is 9.96 Å². The molecule has 0 radical (unpaired) electrons. The molecule has 3 rings (SSSR count). The number of nitrogens with zero attached hydrogens (tertiary/aromatic N) is 1. The Morgan fingerprint density at radius 2 is 1.50 bits per heavy atom. The molecule has 0 saturated carbocycles. The zero-order valence-electron chi connectivity index (χ0n) is 20.2. The van der Waals surface area contributed by atoms with Gasteiger partial charge in [-0.15, -0.1) is 0 Å². The van der Waals surface area contributed by atoms with Gasteiger partial charge in [0.1, 0.15) is 12.4 Å². The van der Waals surface area contributed by atoms with E-state index in [9.17, 15) is 8.42 Å². The van der Waals surface area contributed by atoms with Crippen molar-refractivity contribution >= 4 is 27.5 Å². The van der Waals surface area contributed by atoms with Crippen molar-refractivity contribution in [2.24, 2.45) is 0 Å². The predicted molar refractivity (Wildman–Crippen MR) is 140 cm³/mol. The highest BCUT2D eigenvalue weighted by Crippen LogP contribution is 2.24. The molecule has 0 unspecified atom stereocenters. The number of rotatable bonds is 5. The molecular weight excluding hydrogens is 450 g/mol. The first-order chi connectivity index (χ1) is 15.8. The maximum atomic E-state index is 9.19. The average molecular weight is 484 g/mol. The topological polar surface area (TPSA) is 103 Å². The highest BCUT2D eigenvalue weighted by molar-refractivity contribution is 7.85. The molecular formula is C26H33N3O4S. The molecule has 0 aliphatic carbocycles. The third kappa shape index (κ3) is 9.64. The molecule has 0 aliphatic heterocycles. The Bertz CT molecular complexity index is 1150. The van der Waals surface area contributed by atoms with Crippen molar-refractivity contribution in [1.82, 2.24) is 0 Å². The molecule has 3 N–H and O–H groups in total. The molecule has 3 aromatic carbocycles. The van der Waals surface area contributed by atoms with Crippen molar-refractivity contribution in [2.45, 2.75) is 32.8 Å². The lowest BCUT2D eigenvalue weighted by Gasteiger charge is -2.22.